The molecule has 0 saturated carbocycles. The third kappa shape index (κ3) is 6.59. The molecule has 1 unspecified atom stereocenters. The molecule has 3 heterocycles. The van der Waals surface area contributed by atoms with Crippen molar-refractivity contribution in [1.82, 2.24) is 29.5 Å². The van der Waals surface area contributed by atoms with Crippen LogP contribution in [-0.4, -0.2) is 62.8 Å². The number of aromatic nitrogens is 5. The molecule has 0 aliphatic heterocycles. The van der Waals surface area contributed by atoms with Gasteiger partial charge in [-0.2, -0.15) is 18.3 Å². The number of benzene rings is 1. The average molecular weight is 585 g/mol. The van der Waals surface area contributed by atoms with Crippen LogP contribution in [0.1, 0.15) is 34.8 Å². The minimum atomic E-state index is -5.05. The van der Waals surface area contributed by atoms with Crippen LogP contribution in [0.4, 0.5) is 37.8 Å². The predicted octanol–water partition coefficient (Wildman–Crippen LogP) is 4.36. The van der Waals surface area contributed by atoms with E-state index in [9.17, 15) is 31.1 Å². The normalized spacial score (nSPS) is 12.7. The van der Waals surface area contributed by atoms with Gasteiger partial charge in [0.2, 0.25) is 0 Å². The number of nitrogens with zero attached hydrogens (tertiary/aromatic N) is 5. The number of amides is 1. The maximum absolute atomic E-state index is 13.9. The molecule has 0 radical (unpaired) electrons. The van der Waals surface area contributed by atoms with Crippen molar-refractivity contribution in [1.29, 1.82) is 0 Å². The Hall–Kier alpha value is -4.18. The largest absolute Gasteiger partial charge is 0.435 e. The fourth-order valence-electron chi connectivity index (χ4n) is 4.08. The summed E-state index contributed by atoms with van der Waals surface area (Å²) in [6.07, 6.45) is -6.91. The second-order valence-electron chi connectivity index (χ2n) is 8.70. The lowest BCUT2D eigenvalue weighted by molar-refractivity contribution is -0.141. The summed E-state index contributed by atoms with van der Waals surface area (Å²) in [5.74, 6) is -0.127. The number of imidazole rings is 1. The smallest absolute Gasteiger partial charge is 0.378 e. The zero-order valence-corrected chi connectivity index (χ0v) is 21.6. The van der Waals surface area contributed by atoms with Gasteiger partial charge >= 0.3 is 6.18 Å². The number of hydrogen-bond donors (Lipinski definition) is 3. The van der Waals surface area contributed by atoms with Gasteiger partial charge in [-0.05, 0) is 30.2 Å². The van der Waals surface area contributed by atoms with Crippen molar-refractivity contribution in [2.45, 2.75) is 32.2 Å². The Labute approximate surface area is 229 Å². The Morgan fingerprint density at radius 2 is 1.95 bits per heavy atom. The number of halogens is 6. The highest BCUT2D eigenvalue weighted by Gasteiger charge is 2.40. The number of carbonyl (C=O) groups excluding carboxylic acids is 1. The number of anilines is 2. The van der Waals surface area contributed by atoms with E-state index >= 15 is 0 Å². The highest BCUT2D eigenvalue weighted by atomic mass is 19.4. The molecule has 4 N–H and O–H groups in total. The minimum absolute atomic E-state index is 0.0558. The van der Waals surface area contributed by atoms with Crippen molar-refractivity contribution in [3.05, 3.63) is 59.8 Å². The first-order chi connectivity index (χ1) is 19.5. The van der Waals surface area contributed by atoms with Gasteiger partial charge in [0, 0.05) is 42.9 Å². The van der Waals surface area contributed by atoms with Crippen molar-refractivity contribution in [3.63, 3.8) is 0 Å². The zero-order valence-electron chi connectivity index (χ0n) is 21.6. The summed E-state index contributed by atoms with van der Waals surface area (Å²) in [4.78, 5) is 21.0. The van der Waals surface area contributed by atoms with Crippen LogP contribution in [0.2, 0.25) is 0 Å². The molecule has 3 aromatic heterocycles. The Morgan fingerprint density at radius 3 is 2.63 bits per heavy atom. The van der Waals surface area contributed by atoms with E-state index in [1.807, 2.05) is 6.92 Å². The Bertz CT molecular complexity index is 1500. The monoisotopic (exact) mass is 584 g/mol. The van der Waals surface area contributed by atoms with Gasteiger partial charge in [0.15, 0.2) is 17.2 Å². The third-order valence-corrected chi connectivity index (χ3v) is 5.95. The molecule has 1 aromatic carbocycles. The van der Waals surface area contributed by atoms with Gasteiger partial charge in [0.1, 0.15) is 0 Å². The van der Waals surface area contributed by atoms with E-state index in [4.69, 9.17) is 10.5 Å². The molecular weight excluding hydrogens is 558 g/mol. The van der Waals surface area contributed by atoms with Crippen LogP contribution in [0.25, 0.3) is 16.9 Å². The molecule has 1 amide bonds. The van der Waals surface area contributed by atoms with Gasteiger partial charge in [0.25, 0.3) is 18.6 Å². The van der Waals surface area contributed by atoms with E-state index in [1.165, 1.54) is 16.8 Å². The lowest BCUT2D eigenvalue weighted by Crippen LogP contribution is -2.28. The topological polar surface area (TPSA) is 124 Å². The maximum Gasteiger partial charge on any atom is 0.435 e. The number of carbonyl (C=O) groups is 1. The number of fused-ring (bicyclic) bond motifs is 1. The van der Waals surface area contributed by atoms with Crippen LogP contribution in [0.15, 0.2) is 43.0 Å². The standard InChI is InChI=1S/C25H26F6N8O2/c1-2-14-11-15(3-4-16(14)24(40)34-7-10-41-9-5-32)36-22-23-35-12-18(38(23)8-6-33-22)17-13-39(21(28)20(26)27)37-19(17)25(29,30)31/h3-4,6,8,11-13,20-21H,2,5,7,9-10,32H2,1H3,(H,33,36)(H,34,40). The summed E-state index contributed by atoms with van der Waals surface area (Å²) >= 11 is 0. The molecule has 0 saturated heterocycles. The highest BCUT2D eigenvalue weighted by molar-refractivity contribution is 5.96. The predicted molar refractivity (Wildman–Crippen MR) is 137 cm³/mol. The molecule has 41 heavy (non-hydrogen) atoms. The number of rotatable bonds is 12. The summed E-state index contributed by atoms with van der Waals surface area (Å²) in [5.41, 5.74) is 4.82. The molecule has 1 atom stereocenters. The van der Waals surface area contributed by atoms with Gasteiger partial charge in [-0.25, -0.2) is 27.8 Å². The van der Waals surface area contributed by atoms with Gasteiger partial charge in [-0.3, -0.25) is 9.20 Å². The summed E-state index contributed by atoms with van der Waals surface area (Å²) in [6, 6.07) is 4.98. The van der Waals surface area contributed by atoms with Crippen molar-refractivity contribution in [2.24, 2.45) is 5.73 Å². The van der Waals surface area contributed by atoms with Gasteiger partial charge in [0.05, 0.1) is 30.7 Å². The number of hydrogen-bond acceptors (Lipinski definition) is 7. The molecule has 0 fully saturated rings. The summed E-state index contributed by atoms with van der Waals surface area (Å²) < 4.78 is 87.0. The SMILES string of the molecule is CCc1cc(Nc2nccn3c(-c4cn(C(F)C(F)F)nc4C(F)(F)F)cnc23)ccc1C(=O)NCCOCCN. The summed E-state index contributed by atoms with van der Waals surface area (Å²) in [6.45, 7) is 3.26. The Balaban J connectivity index is 1.62. The molecule has 0 bridgehead atoms. The summed E-state index contributed by atoms with van der Waals surface area (Å²) in [7, 11) is 0. The van der Waals surface area contributed by atoms with Gasteiger partial charge in [-0.1, -0.05) is 6.92 Å². The second kappa shape index (κ2) is 12.6. The molecule has 220 valence electrons. The van der Waals surface area contributed by atoms with Crippen LogP contribution < -0.4 is 16.4 Å². The number of aryl methyl sites for hydroxylation is 1. The van der Waals surface area contributed by atoms with E-state index in [0.717, 1.165) is 6.20 Å². The first kappa shape index (κ1) is 29.8. The lowest BCUT2D eigenvalue weighted by atomic mass is 10.0. The van der Waals surface area contributed by atoms with Crippen molar-refractivity contribution < 1.29 is 35.9 Å². The Morgan fingerprint density at radius 1 is 1.17 bits per heavy atom. The number of ether oxygens (including phenoxy) is 1. The van der Waals surface area contributed by atoms with E-state index in [0.29, 0.717) is 55.7 Å². The molecule has 0 spiro atoms. The van der Waals surface area contributed by atoms with Crippen molar-refractivity contribution in [3.8, 4) is 11.3 Å². The average Bonchev–Trinajstić information content (AvgIpc) is 3.57. The van der Waals surface area contributed by atoms with E-state index in [-0.39, 0.29) is 27.7 Å². The van der Waals surface area contributed by atoms with Crippen LogP contribution in [0.5, 0.6) is 0 Å². The van der Waals surface area contributed by atoms with Crippen LogP contribution in [0.3, 0.4) is 0 Å². The fraction of sp³-hybridized carbons (Fsp3) is 0.360. The molecule has 4 aromatic rings. The van der Waals surface area contributed by atoms with E-state index < -0.39 is 30.2 Å². The van der Waals surface area contributed by atoms with Crippen LogP contribution in [0, 0.1) is 0 Å². The maximum atomic E-state index is 13.9. The lowest BCUT2D eigenvalue weighted by Gasteiger charge is -2.13. The fourth-order valence-corrected chi connectivity index (χ4v) is 4.08. The second-order valence-corrected chi connectivity index (χ2v) is 8.70. The molecule has 0 aliphatic rings. The molecular formula is C25H26F6N8O2. The van der Waals surface area contributed by atoms with E-state index in [1.54, 1.807) is 18.2 Å². The number of nitrogens with two attached hydrogens (primary N) is 1. The molecule has 0 aliphatic carbocycles. The van der Waals surface area contributed by atoms with Crippen molar-refractivity contribution in [2.75, 3.05) is 31.6 Å². The van der Waals surface area contributed by atoms with Crippen LogP contribution >= 0.6 is 0 Å². The van der Waals surface area contributed by atoms with Gasteiger partial charge in [-0.15, -0.1) is 0 Å². The minimum Gasteiger partial charge on any atom is -0.378 e. The van der Waals surface area contributed by atoms with Crippen LogP contribution in [-0.2, 0) is 17.3 Å². The molecule has 16 heteroatoms. The first-order valence-corrected chi connectivity index (χ1v) is 12.4. The molecule has 10 nitrogen and oxygen atoms in total. The molecule has 4 rings (SSSR count). The third-order valence-electron chi connectivity index (χ3n) is 5.95. The first-order valence-electron chi connectivity index (χ1n) is 12.4. The highest BCUT2D eigenvalue weighted by Crippen LogP contribution is 2.38. The zero-order chi connectivity index (χ0) is 29.7. The Kier molecular flexibility index (Phi) is 9.12. The quantitative estimate of drug-likeness (QED) is 0.167. The number of nitrogens with one attached hydrogen (secondary N) is 2. The van der Waals surface area contributed by atoms with Crippen molar-refractivity contribution >= 4 is 23.1 Å². The van der Waals surface area contributed by atoms with E-state index in [2.05, 4.69) is 25.7 Å². The number of alkyl halides is 6. The van der Waals surface area contributed by atoms with Gasteiger partial charge < -0.3 is 21.1 Å². The summed E-state index contributed by atoms with van der Waals surface area (Å²) in [5, 5.41) is 8.86.